The molecule has 3 rings (SSSR count). The van der Waals surface area contributed by atoms with Crippen molar-refractivity contribution in [1.82, 2.24) is 15.6 Å². The standard InChI is InChI=1S/C18H21FN4S/c1-12-6-8-24-17(12)11-23-18(20-2)21-7-5-13-10-22-16-4-3-14(19)9-15(13)16/h3-4,6,8-10,22H,5,7,11H2,1-2H3,(H2,20,21,23). The molecule has 0 amide bonds. The van der Waals surface area contributed by atoms with E-state index in [9.17, 15) is 4.39 Å². The smallest absolute Gasteiger partial charge is 0.191 e. The van der Waals surface area contributed by atoms with Crippen LogP contribution in [0.15, 0.2) is 40.8 Å². The number of halogens is 1. The predicted octanol–water partition coefficient (Wildman–Crippen LogP) is 3.58. The molecule has 6 heteroatoms. The molecule has 1 aromatic carbocycles. The summed E-state index contributed by atoms with van der Waals surface area (Å²) in [5.74, 6) is 0.564. The highest BCUT2D eigenvalue weighted by molar-refractivity contribution is 7.10. The molecule has 3 N–H and O–H groups in total. The fourth-order valence-electron chi connectivity index (χ4n) is 2.64. The molecule has 0 fully saturated rings. The number of aryl methyl sites for hydroxylation is 1. The van der Waals surface area contributed by atoms with Crippen LogP contribution in [0, 0.1) is 12.7 Å². The van der Waals surface area contributed by atoms with Gasteiger partial charge in [0.15, 0.2) is 5.96 Å². The van der Waals surface area contributed by atoms with Crippen LogP contribution in [0.25, 0.3) is 10.9 Å². The first kappa shape index (κ1) is 16.5. The molecule has 0 aliphatic carbocycles. The van der Waals surface area contributed by atoms with Gasteiger partial charge >= 0.3 is 0 Å². The average Bonchev–Trinajstić information content (AvgIpc) is 3.17. The van der Waals surface area contributed by atoms with Crippen molar-refractivity contribution in [1.29, 1.82) is 0 Å². The predicted molar refractivity (Wildman–Crippen MR) is 99.2 cm³/mol. The van der Waals surface area contributed by atoms with E-state index >= 15 is 0 Å². The highest BCUT2D eigenvalue weighted by atomic mass is 32.1. The Kier molecular flexibility index (Phi) is 5.15. The van der Waals surface area contributed by atoms with Crippen LogP contribution in [-0.2, 0) is 13.0 Å². The van der Waals surface area contributed by atoms with E-state index in [1.165, 1.54) is 16.5 Å². The molecule has 0 bridgehead atoms. The summed E-state index contributed by atoms with van der Waals surface area (Å²) >= 11 is 1.74. The number of hydrogen-bond donors (Lipinski definition) is 3. The van der Waals surface area contributed by atoms with Gasteiger partial charge in [0.1, 0.15) is 5.82 Å². The number of fused-ring (bicyclic) bond motifs is 1. The van der Waals surface area contributed by atoms with E-state index in [1.54, 1.807) is 30.5 Å². The third kappa shape index (κ3) is 3.76. The second-order valence-electron chi connectivity index (χ2n) is 5.63. The number of thiophene rings is 1. The van der Waals surface area contributed by atoms with Crippen LogP contribution in [0.4, 0.5) is 4.39 Å². The molecule has 0 atom stereocenters. The first-order chi connectivity index (χ1) is 11.7. The Hall–Kier alpha value is -2.34. The second-order valence-corrected chi connectivity index (χ2v) is 6.63. The maximum Gasteiger partial charge on any atom is 0.191 e. The van der Waals surface area contributed by atoms with E-state index < -0.39 is 0 Å². The van der Waals surface area contributed by atoms with Gasteiger partial charge in [-0.2, -0.15) is 0 Å². The molecule has 0 aliphatic heterocycles. The molecule has 3 aromatic rings. The van der Waals surface area contributed by atoms with Gasteiger partial charge in [-0.25, -0.2) is 4.39 Å². The van der Waals surface area contributed by atoms with E-state index in [-0.39, 0.29) is 5.82 Å². The lowest BCUT2D eigenvalue weighted by atomic mass is 10.1. The van der Waals surface area contributed by atoms with Gasteiger partial charge in [0.2, 0.25) is 0 Å². The molecule has 126 valence electrons. The third-order valence-corrected chi connectivity index (χ3v) is 5.05. The summed E-state index contributed by atoms with van der Waals surface area (Å²) in [5, 5.41) is 9.66. The number of hydrogen-bond acceptors (Lipinski definition) is 2. The number of aromatic amines is 1. The molecule has 0 radical (unpaired) electrons. The number of aliphatic imine (C=N–C) groups is 1. The molecule has 4 nitrogen and oxygen atoms in total. The van der Waals surface area contributed by atoms with Gasteiger partial charge in [-0.15, -0.1) is 11.3 Å². The number of nitrogens with one attached hydrogen (secondary N) is 3. The van der Waals surface area contributed by atoms with Crippen LogP contribution >= 0.6 is 11.3 Å². The van der Waals surface area contributed by atoms with Crippen LogP contribution < -0.4 is 10.6 Å². The number of nitrogens with zero attached hydrogens (tertiary/aromatic N) is 1. The maximum atomic E-state index is 13.4. The van der Waals surface area contributed by atoms with Crippen LogP contribution in [0.1, 0.15) is 16.0 Å². The number of H-pyrrole nitrogens is 1. The lowest BCUT2D eigenvalue weighted by Crippen LogP contribution is -2.37. The SMILES string of the molecule is CN=C(NCCc1c[nH]c2ccc(F)cc12)NCc1sccc1C. The monoisotopic (exact) mass is 344 g/mol. The fourth-order valence-corrected chi connectivity index (χ4v) is 3.49. The van der Waals surface area contributed by atoms with Crippen molar-refractivity contribution >= 4 is 28.2 Å². The highest BCUT2D eigenvalue weighted by Crippen LogP contribution is 2.19. The summed E-state index contributed by atoms with van der Waals surface area (Å²) in [6, 6.07) is 6.94. The number of guanidine groups is 1. The molecular formula is C18H21FN4S. The van der Waals surface area contributed by atoms with Gasteiger partial charge in [-0.3, -0.25) is 4.99 Å². The van der Waals surface area contributed by atoms with Crippen molar-refractivity contribution < 1.29 is 4.39 Å². The lowest BCUT2D eigenvalue weighted by Gasteiger charge is -2.11. The summed E-state index contributed by atoms with van der Waals surface area (Å²) in [7, 11) is 1.76. The van der Waals surface area contributed by atoms with Crippen molar-refractivity contribution in [2.75, 3.05) is 13.6 Å². The summed E-state index contributed by atoms with van der Waals surface area (Å²) in [6.07, 6.45) is 2.74. The number of rotatable bonds is 5. The van der Waals surface area contributed by atoms with E-state index in [2.05, 4.69) is 39.0 Å². The number of aromatic nitrogens is 1. The van der Waals surface area contributed by atoms with E-state index in [0.717, 1.165) is 41.9 Å². The molecule has 24 heavy (non-hydrogen) atoms. The largest absolute Gasteiger partial charge is 0.361 e. The number of benzene rings is 1. The second kappa shape index (κ2) is 7.49. The molecular weight excluding hydrogens is 323 g/mol. The molecule has 2 heterocycles. The molecule has 0 saturated carbocycles. The summed E-state index contributed by atoms with van der Waals surface area (Å²) < 4.78 is 13.4. The zero-order valence-electron chi connectivity index (χ0n) is 13.8. The summed E-state index contributed by atoms with van der Waals surface area (Å²) in [5.41, 5.74) is 3.35. The Bertz CT molecular complexity index is 850. The van der Waals surface area contributed by atoms with Crippen molar-refractivity contribution in [3.05, 3.63) is 57.7 Å². The van der Waals surface area contributed by atoms with Crippen LogP contribution in [0.2, 0.25) is 0 Å². The van der Waals surface area contributed by atoms with Crippen molar-refractivity contribution in [3.8, 4) is 0 Å². The first-order valence-corrected chi connectivity index (χ1v) is 8.78. The van der Waals surface area contributed by atoms with Crippen molar-refractivity contribution in [2.45, 2.75) is 19.9 Å². The lowest BCUT2D eigenvalue weighted by molar-refractivity contribution is 0.629. The summed E-state index contributed by atoms with van der Waals surface area (Å²) in [4.78, 5) is 8.73. The van der Waals surface area contributed by atoms with Gasteiger partial charge in [0.25, 0.3) is 0 Å². The normalized spacial score (nSPS) is 11.9. The fraction of sp³-hybridized carbons (Fsp3) is 0.278. The van der Waals surface area contributed by atoms with Crippen molar-refractivity contribution in [3.63, 3.8) is 0 Å². The van der Waals surface area contributed by atoms with Crippen molar-refractivity contribution in [2.24, 2.45) is 4.99 Å². The molecule has 0 spiro atoms. The maximum absolute atomic E-state index is 13.4. The summed E-state index contributed by atoms with van der Waals surface area (Å²) in [6.45, 7) is 3.61. The zero-order valence-corrected chi connectivity index (χ0v) is 14.6. The topological polar surface area (TPSA) is 52.2 Å². The van der Waals surface area contributed by atoms with Crippen LogP contribution in [0.5, 0.6) is 0 Å². The molecule has 0 saturated heterocycles. The van der Waals surface area contributed by atoms with Gasteiger partial charge < -0.3 is 15.6 Å². The average molecular weight is 344 g/mol. The minimum atomic E-state index is -0.208. The van der Waals surface area contributed by atoms with Gasteiger partial charge in [-0.05, 0) is 54.1 Å². The minimum absolute atomic E-state index is 0.208. The Balaban J connectivity index is 1.54. The quantitative estimate of drug-likeness (QED) is 0.489. The van der Waals surface area contributed by atoms with Crippen LogP contribution in [-0.4, -0.2) is 24.5 Å². The Morgan fingerprint density at radius 2 is 2.17 bits per heavy atom. The van der Waals surface area contributed by atoms with E-state index in [1.807, 2.05) is 6.20 Å². The Morgan fingerprint density at radius 1 is 1.29 bits per heavy atom. The van der Waals surface area contributed by atoms with Gasteiger partial charge in [-0.1, -0.05) is 0 Å². The van der Waals surface area contributed by atoms with Gasteiger partial charge in [0, 0.05) is 35.6 Å². The molecule has 2 aromatic heterocycles. The van der Waals surface area contributed by atoms with E-state index in [4.69, 9.17) is 0 Å². The molecule has 0 aliphatic rings. The Morgan fingerprint density at radius 3 is 2.92 bits per heavy atom. The van der Waals surface area contributed by atoms with Gasteiger partial charge in [0.05, 0.1) is 6.54 Å². The Labute approximate surface area is 144 Å². The van der Waals surface area contributed by atoms with E-state index in [0.29, 0.717) is 0 Å². The molecule has 0 unspecified atom stereocenters. The third-order valence-electron chi connectivity index (χ3n) is 4.02. The first-order valence-electron chi connectivity index (χ1n) is 7.90. The minimum Gasteiger partial charge on any atom is -0.361 e. The van der Waals surface area contributed by atoms with Crippen LogP contribution in [0.3, 0.4) is 0 Å². The zero-order chi connectivity index (χ0) is 16.9. The highest BCUT2D eigenvalue weighted by Gasteiger charge is 2.06.